The Balaban J connectivity index is 1.78. The Hall–Kier alpha value is -0.830. The first-order valence-corrected chi connectivity index (χ1v) is 8.54. The zero-order valence-electron chi connectivity index (χ0n) is 13.3. The number of aromatic nitrogens is 2. The molecule has 0 spiro atoms. The third-order valence-corrected chi connectivity index (χ3v) is 4.63. The molecule has 1 fully saturated rings. The van der Waals surface area contributed by atoms with Gasteiger partial charge < -0.3 is 5.32 Å². The van der Waals surface area contributed by atoms with Crippen molar-refractivity contribution in [1.29, 1.82) is 0 Å². The fraction of sp³-hybridized carbons (Fsp3) is 0.824. The molecule has 0 aliphatic heterocycles. The molecule has 1 aliphatic carbocycles. The second kappa shape index (κ2) is 8.46. The predicted molar refractivity (Wildman–Crippen MR) is 85.0 cm³/mol. The standard InChI is InChI=1S/C17H31N3/c1-3-4-5-6-9-15(18-2)14-16-12-13-20(19-16)17-10-7-8-11-17/h12-13,15,17-18H,3-11,14H2,1-2H3. The van der Waals surface area contributed by atoms with Crippen LogP contribution in [-0.4, -0.2) is 22.9 Å². The number of hydrogen-bond acceptors (Lipinski definition) is 2. The van der Waals surface area contributed by atoms with Crippen molar-refractivity contribution in [2.24, 2.45) is 0 Å². The van der Waals surface area contributed by atoms with Gasteiger partial charge in [0.2, 0.25) is 0 Å². The van der Waals surface area contributed by atoms with Gasteiger partial charge in [-0.3, -0.25) is 4.68 Å². The summed E-state index contributed by atoms with van der Waals surface area (Å²) in [5.74, 6) is 0. The molecule has 0 radical (unpaired) electrons. The highest BCUT2D eigenvalue weighted by Crippen LogP contribution is 2.28. The van der Waals surface area contributed by atoms with Gasteiger partial charge in [-0.1, -0.05) is 45.4 Å². The third kappa shape index (κ3) is 4.62. The van der Waals surface area contributed by atoms with Gasteiger partial charge >= 0.3 is 0 Å². The van der Waals surface area contributed by atoms with Crippen LogP contribution < -0.4 is 5.32 Å². The summed E-state index contributed by atoms with van der Waals surface area (Å²) in [6.07, 6.45) is 15.3. The molecule has 3 heteroatoms. The quantitative estimate of drug-likeness (QED) is 0.689. The molecule has 1 atom stereocenters. The van der Waals surface area contributed by atoms with E-state index in [9.17, 15) is 0 Å². The monoisotopic (exact) mass is 277 g/mol. The number of rotatable bonds is 9. The van der Waals surface area contributed by atoms with Crippen LogP contribution in [0.4, 0.5) is 0 Å². The fourth-order valence-electron chi connectivity index (χ4n) is 3.28. The van der Waals surface area contributed by atoms with Gasteiger partial charge in [-0.05, 0) is 32.4 Å². The van der Waals surface area contributed by atoms with Crippen molar-refractivity contribution >= 4 is 0 Å². The topological polar surface area (TPSA) is 29.9 Å². The maximum atomic E-state index is 4.80. The van der Waals surface area contributed by atoms with E-state index in [1.54, 1.807) is 0 Å². The molecule has 1 unspecified atom stereocenters. The van der Waals surface area contributed by atoms with E-state index in [-0.39, 0.29) is 0 Å². The Morgan fingerprint density at radius 3 is 2.80 bits per heavy atom. The van der Waals surface area contributed by atoms with Crippen molar-refractivity contribution in [3.05, 3.63) is 18.0 Å². The van der Waals surface area contributed by atoms with E-state index >= 15 is 0 Å². The average molecular weight is 277 g/mol. The predicted octanol–water partition coefficient (Wildman–Crippen LogP) is 4.10. The van der Waals surface area contributed by atoms with Crippen molar-refractivity contribution in [3.8, 4) is 0 Å². The number of nitrogens with zero attached hydrogens (tertiary/aromatic N) is 2. The minimum Gasteiger partial charge on any atom is -0.317 e. The Kier molecular flexibility index (Phi) is 6.58. The summed E-state index contributed by atoms with van der Waals surface area (Å²) in [5, 5.41) is 8.26. The second-order valence-corrected chi connectivity index (χ2v) is 6.26. The molecule has 114 valence electrons. The van der Waals surface area contributed by atoms with Crippen LogP contribution in [0.3, 0.4) is 0 Å². The summed E-state index contributed by atoms with van der Waals surface area (Å²) in [5.41, 5.74) is 1.26. The zero-order chi connectivity index (χ0) is 14.2. The molecule has 0 amide bonds. The van der Waals surface area contributed by atoms with Gasteiger partial charge in [0.1, 0.15) is 0 Å². The van der Waals surface area contributed by atoms with Crippen LogP contribution in [0.15, 0.2) is 12.3 Å². The molecule has 20 heavy (non-hydrogen) atoms. The Bertz CT molecular complexity index is 366. The van der Waals surface area contributed by atoms with Gasteiger partial charge in [0.25, 0.3) is 0 Å². The Labute approximate surface area is 124 Å². The molecule has 1 saturated carbocycles. The van der Waals surface area contributed by atoms with E-state index < -0.39 is 0 Å². The van der Waals surface area contributed by atoms with E-state index in [2.05, 4.69) is 36.2 Å². The van der Waals surface area contributed by atoms with Gasteiger partial charge in [-0.2, -0.15) is 5.10 Å². The summed E-state index contributed by atoms with van der Waals surface area (Å²) in [6, 6.07) is 3.47. The molecule has 0 aromatic carbocycles. The summed E-state index contributed by atoms with van der Waals surface area (Å²) < 4.78 is 2.21. The highest BCUT2D eigenvalue weighted by atomic mass is 15.3. The van der Waals surface area contributed by atoms with Crippen LogP contribution in [0.2, 0.25) is 0 Å². The molecular weight excluding hydrogens is 246 g/mol. The van der Waals surface area contributed by atoms with Crippen molar-refractivity contribution in [2.45, 2.75) is 83.2 Å². The molecule has 1 aromatic rings. The number of unbranched alkanes of at least 4 members (excludes halogenated alkanes) is 3. The van der Waals surface area contributed by atoms with Crippen LogP contribution in [0.1, 0.15) is 76.4 Å². The van der Waals surface area contributed by atoms with E-state index in [0.29, 0.717) is 12.1 Å². The van der Waals surface area contributed by atoms with E-state index in [1.807, 2.05) is 0 Å². The molecular formula is C17H31N3. The number of hydrogen-bond donors (Lipinski definition) is 1. The maximum absolute atomic E-state index is 4.80. The van der Waals surface area contributed by atoms with Crippen molar-refractivity contribution in [2.75, 3.05) is 7.05 Å². The van der Waals surface area contributed by atoms with E-state index in [0.717, 1.165) is 6.42 Å². The summed E-state index contributed by atoms with van der Waals surface area (Å²) in [4.78, 5) is 0. The molecule has 0 bridgehead atoms. The average Bonchev–Trinajstić information content (AvgIpc) is 3.12. The smallest absolute Gasteiger partial charge is 0.0640 e. The van der Waals surface area contributed by atoms with E-state index in [1.165, 1.54) is 63.5 Å². The SMILES string of the molecule is CCCCCCC(Cc1ccn(C2CCCC2)n1)NC. The number of likely N-dealkylation sites (N-methyl/N-ethyl adjacent to an activating group) is 1. The first-order chi connectivity index (χ1) is 9.83. The lowest BCUT2D eigenvalue weighted by Gasteiger charge is -2.15. The van der Waals surface area contributed by atoms with Crippen LogP contribution in [0.5, 0.6) is 0 Å². The van der Waals surface area contributed by atoms with Gasteiger partial charge in [0.15, 0.2) is 0 Å². The molecule has 2 rings (SSSR count). The van der Waals surface area contributed by atoms with Crippen molar-refractivity contribution < 1.29 is 0 Å². The van der Waals surface area contributed by atoms with Crippen molar-refractivity contribution in [1.82, 2.24) is 15.1 Å². The lowest BCUT2D eigenvalue weighted by atomic mass is 10.0. The second-order valence-electron chi connectivity index (χ2n) is 6.26. The molecule has 1 N–H and O–H groups in total. The normalized spacial score (nSPS) is 17.7. The number of nitrogens with one attached hydrogen (secondary N) is 1. The van der Waals surface area contributed by atoms with Gasteiger partial charge in [0.05, 0.1) is 11.7 Å². The summed E-state index contributed by atoms with van der Waals surface area (Å²) >= 11 is 0. The Morgan fingerprint density at radius 2 is 2.10 bits per heavy atom. The minimum atomic E-state index is 0.582. The lowest BCUT2D eigenvalue weighted by molar-refractivity contribution is 0.449. The molecule has 1 heterocycles. The molecule has 0 saturated heterocycles. The van der Waals surface area contributed by atoms with E-state index in [4.69, 9.17) is 5.10 Å². The highest BCUT2D eigenvalue weighted by Gasteiger charge is 2.18. The van der Waals surface area contributed by atoms with Gasteiger partial charge in [-0.15, -0.1) is 0 Å². The molecule has 1 aliphatic rings. The molecule has 1 aromatic heterocycles. The third-order valence-electron chi connectivity index (χ3n) is 4.63. The Morgan fingerprint density at radius 1 is 1.30 bits per heavy atom. The summed E-state index contributed by atoms with van der Waals surface area (Å²) in [7, 11) is 2.08. The van der Waals surface area contributed by atoms with Gasteiger partial charge in [0, 0.05) is 18.7 Å². The lowest BCUT2D eigenvalue weighted by Crippen LogP contribution is -2.27. The highest BCUT2D eigenvalue weighted by molar-refractivity contribution is 5.02. The van der Waals surface area contributed by atoms with Crippen LogP contribution >= 0.6 is 0 Å². The molecule has 3 nitrogen and oxygen atoms in total. The minimum absolute atomic E-state index is 0.582. The first-order valence-electron chi connectivity index (χ1n) is 8.54. The van der Waals surface area contributed by atoms with Crippen LogP contribution in [0, 0.1) is 0 Å². The fourth-order valence-corrected chi connectivity index (χ4v) is 3.28. The maximum Gasteiger partial charge on any atom is 0.0640 e. The van der Waals surface area contributed by atoms with Crippen LogP contribution in [-0.2, 0) is 6.42 Å². The zero-order valence-corrected chi connectivity index (χ0v) is 13.3. The summed E-state index contributed by atoms with van der Waals surface area (Å²) in [6.45, 7) is 2.27. The largest absolute Gasteiger partial charge is 0.317 e. The van der Waals surface area contributed by atoms with Crippen LogP contribution in [0.25, 0.3) is 0 Å². The van der Waals surface area contributed by atoms with Crippen molar-refractivity contribution in [3.63, 3.8) is 0 Å². The van der Waals surface area contributed by atoms with Gasteiger partial charge in [-0.25, -0.2) is 0 Å². The first kappa shape index (κ1) is 15.6.